The minimum absolute atomic E-state index is 0.0170. The average Bonchev–Trinajstić information content (AvgIpc) is 2.17. The Kier molecular flexibility index (Phi) is 3.60. The van der Waals surface area contributed by atoms with Crippen LogP contribution in [0.4, 0.5) is 5.95 Å². The van der Waals surface area contributed by atoms with Crippen molar-refractivity contribution in [2.75, 3.05) is 19.0 Å². The third kappa shape index (κ3) is 2.90. The van der Waals surface area contributed by atoms with Gasteiger partial charge in [-0.05, 0) is 6.42 Å². The molecule has 82 valence electrons. The van der Waals surface area contributed by atoms with Crippen molar-refractivity contribution in [2.24, 2.45) is 0 Å². The molecule has 5 heteroatoms. The SMILES string of the molecule is CCc1nc(N(C)C)ncc1CC(=O)O. The monoisotopic (exact) mass is 209 g/mol. The zero-order chi connectivity index (χ0) is 11.4. The lowest BCUT2D eigenvalue weighted by Crippen LogP contribution is -2.15. The maximum atomic E-state index is 10.6. The van der Waals surface area contributed by atoms with Gasteiger partial charge in [-0.2, -0.15) is 0 Å². The summed E-state index contributed by atoms with van der Waals surface area (Å²) in [6.07, 6.45) is 2.29. The highest BCUT2D eigenvalue weighted by Crippen LogP contribution is 2.11. The van der Waals surface area contributed by atoms with Crippen LogP contribution in [-0.4, -0.2) is 35.1 Å². The lowest BCUT2D eigenvalue weighted by molar-refractivity contribution is -0.136. The summed E-state index contributed by atoms with van der Waals surface area (Å²) in [6.45, 7) is 1.95. The Morgan fingerprint density at radius 3 is 2.67 bits per heavy atom. The van der Waals surface area contributed by atoms with E-state index in [0.717, 1.165) is 5.69 Å². The number of aryl methyl sites for hydroxylation is 1. The molecule has 1 aromatic heterocycles. The minimum atomic E-state index is -0.856. The van der Waals surface area contributed by atoms with E-state index >= 15 is 0 Å². The largest absolute Gasteiger partial charge is 0.481 e. The molecule has 1 heterocycles. The fourth-order valence-electron chi connectivity index (χ4n) is 1.26. The summed E-state index contributed by atoms with van der Waals surface area (Å²) < 4.78 is 0. The zero-order valence-electron chi connectivity index (χ0n) is 9.19. The normalized spacial score (nSPS) is 10.1. The van der Waals surface area contributed by atoms with Crippen molar-refractivity contribution < 1.29 is 9.90 Å². The van der Waals surface area contributed by atoms with Gasteiger partial charge in [0.1, 0.15) is 0 Å². The molecule has 15 heavy (non-hydrogen) atoms. The van der Waals surface area contributed by atoms with Gasteiger partial charge in [-0.1, -0.05) is 6.92 Å². The number of carbonyl (C=O) groups is 1. The third-order valence-corrected chi connectivity index (χ3v) is 2.02. The number of rotatable bonds is 4. The minimum Gasteiger partial charge on any atom is -0.481 e. The van der Waals surface area contributed by atoms with Gasteiger partial charge in [0, 0.05) is 31.5 Å². The Hall–Kier alpha value is -1.65. The van der Waals surface area contributed by atoms with Crippen LogP contribution in [0.1, 0.15) is 18.2 Å². The van der Waals surface area contributed by atoms with Crippen LogP contribution in [0.2, 0.25) is 0 Å². The molecule has 0 radical (unpaired) electrons. The van der Waals surface area contributed by atoms with E-state index in [1.807, 2.05) is 21.0 Å². The Labute approximate surface area is 88.8 Å². The van der Waals surface area contributed by atoms with Gasteiger partial charge in [0.05, 0.1) is 6.42 Å². The molecule has 0 fully saturated rings. The summed E-state index contributed by atoms with van der Waals surface area (Å²) in [5.41, 5.74) is 1.49. The van der Waals surface area contributed by atoms with Crippen molar-refractivity contribution in [1.29, 1.82) is 0 Å². The number of nitrogens with zero attached hydrogens (tertiary/aromatic N) is 3. The van der Waals surface area contributed by atoms with Crippen LogP contribution in [0.3, 0.4) is 0 Å². The first kappa shape index (κ1) is 11.4. The first-order valence-corrected chi connectivity index (χ1v) is 4.78. The molecule has 1 aromatic rings. The van der Waals surface area contributed by atoms with Crippen molar-refractivity contribution in [3.05, 3.63) is 17.5 Å². The van der Waals surface area contributed by atoms with Crippen LogP contribution >= 0.6 is 0 Å². The van der Waals surface area contributed by atoms with E-state index in [2.05, 4.69) is 9.97 Å². The second-order valence-electron chi connectivity index (χ2n) is 3.46. The van der Waals surface area contributed by atoms with Crippen LogP contribution in [-0.2, 0) is 17.6 Å². The molecule has 0 aromatic carbocycles. The van der Waals surface area contributed by atoms with Gasteiger partial charge in [-0.25, -0.2) is 9.97 Å². The average molecular weight is 209 g/mol. The van der Waals surface area contributed by atoms with E-state index in [1.165, 1.54) is 0 Å². The molecule has 1 N–H and O–H groups in total. The van der Waals surface area contributed by atoms with Crippen LogP contribution in [0.5, 0.6) is 0 Å². The fourth-order valence-corrected chi connectivity index (χ4v) is 1.26. The van der Waals surface area contributed by atoms with Crippen molar-refractivity contribution >= 4 is 11.9 Å². The molecule has 5 nitrogen and oxygen atoms in total. The van der Waals surface area contributed by atoms with Crippen LogP contribution in [0.15, 0.2) is 6.20 Å². The molecule has 0 saturated heterocycles. The lowest BCUT2D eigenvalue weighted by atomic mass is 10.1. The fraction of sp³-hybridized carbons (Fsp3) is 0.500. The molecule has 0 aliphatic heterocycles. The molecule has 0 bridgehead atoms. The standard InChI is InChI=1S/C10H15N3O2/c1-4-8-7(5-9(14)15)6-11-10(12-8)13(2)3/h6H,4-5H2,1-3H3,(H,14,15). The quantitative estimate of drug-likeness (QED) is 0.792. The van der Waals surface area contributed by atoms with Crippen molar-refractivity contribution in [3.63, 3.8) is 0 Å². The summed E-state index contributed by atoms with van der Waals surface area (Å²) >= 11 is 0. The zero-order valence-corrected chi connectivity index (χ0v) is 9.19. The van der Waals surface area contributed by atoms with Crippen LogP contribution < -0.4 is 4.90 Å². The van der Waals surface area contributed by atoms with Crippen LogP contribution in [0.25, 0.3) is 0 Å². The van der Waals surface area contributed by atoms with Crippen molar-refractivity contribution in [1.82, 2.24) is 9.97 Å². The highest BCUT2D eigenvalue weighted by molar-refractivity contribution is 5.70. The Morgan fingerprint density at radius 2 is 2.20 bits per heavy atom. The Balaban J connectivity index is 3.03. The summed E-state index contributed by atoms with van der Waals surface area (Å²) in [4.78, 5) is 20.8. The predicted molar refractivity (Wildman–Crippen MR) is 57.1 cm³/mol. The van der Waals surface area contributed by atoms with Gasteiger partial charge in [-0.15, -0.1) is 0 Å². The van der Waals surface area contributed by atoms with E-state index in [1.54, 1.807) is 11.1 Å². The number of aromatic nitrogens is 2. The molecular formula is C10H15N3O2. The smallest absolute Gasteiger partial charge is 0.307 e. The molecular weight excluding hydrogens is 194 g/mol. The number of hydrogen-bond donors (Lipinski definition) is 1. The number of hydrogen-bond acceptors (Lipinski definition) is 4. The first-order valence-electron chi connectivity index (χ1n) is 4.78. The van der Waals surface area contributed by atoms with Crippen molar-refractivity contribution in [3.8, 4) is 0 Å². The molecule has 0 saturated carbocycles. The molecule has 0 unspecified atom stereocenters. The number of aliphatic carboxylic acids is 1. The Morgan fingerprint density at radius 1 is 1.53 bits per heavy atom. The molecule has 0 aliphatic rings. The highest BCUT2D eigenvalue weighted by Gasteiger charge is 2.09. The molecule has 0 spiro atoms. The summed E-state index contributed by atoms with van der Waals surface area (Å²) in [5, 5.41) is 8.70. The number of anilines is 1. The van der Waals surface area contributed by atoms with Gasteiger partial charge in [0.25, 0.3) is 0 Å². The maximum absolute atomic E-state index is 10.6. The Bertz CT molecular complexity index is 364. The highest BCUT2D eigenvalue weighted by atomic mass is 16.4. The first-order chi connectivity index (χ1) is 7.04. The topological polar surface area (TPSA) is 66.3 Å². The van der Waals surface area contributed by atoms with Crippen molar-refractivity contribution in [2.45, 2.75) is 19.8 Å². The van der Waals surface area contributed by atoms with Gasteiger partial charge in [0.2, 0.25) is 5.95 Å². The van der Waals surface area contributed by atoms with E-state index in [0.29, 0.717) is 17.9 Å². The molecule has 0 aliphatic carbocycles. The molecule has 0 atom stereocenters. The maximum Gasteiger partial charge on any atom is 0.307 e. The predicted octanol–water partition coefficient (Wildman–Crippen LogP) is 0.732. The second-order valence-corrected chi connectivity index (χ2v) is 3.46. The van der Waals surface area contributed by atoms with Gasteiger partial charge in [-0.3, -0.25) is 4.79 Å². The van der Waals surface area contributed by atoms with E-state index in [4.69, 9.17) is 5.11 Å². The van der Waals surface area contributed by atoms with Gasteiger partial charge in [0.15, 0.2) is 0 Å². The lowest BCUT2D eigenvalue weighted by Gasteiger charge is -2.12. The number of carboxylic acid groups (broad SMARTS) is 1. The van der Waals surface area contributed by atoms with Gasteiger partial charge < -0.3 is 10.0 Å². The summed E-state index contributed by atoms with van der Waals surface area (Å²) in [6, 6.07) is 0. The second kappa shape index (κ2) is 4.72. The van der Waals surface area contributed by atoms with E-state index < -0.39 is 5.97 Å². The van der Waals surface area contributed by atoms with Crippen LogP contribution in [0, 0.1) is 0 Å². The molecule has 1 rings (SSSR count). The molecule has 0 amide bonds. The van der Waals surface area contributed by atoms with Gasteiger partial charge >= 0.3 is 5.97 Å². The summed E-state index contributed by atoms with van der Waals surface area (Å²) in [5.74, 6) is -0.244. The summed E-state index contributed by atoms with van der Waals surface area (Å²) in [7, 11) is 3.71. The number of carboxylic acids is 1. The van der Waals surface area contributed by atoms with E-state index in [-0.39, 0.29) is 6.42 Å². The third-order valence-electron chi connectivity index (χ3n) is 2.02. The van der Waals surface area contributed by atoms with E-state index in [9.17, 15) is 4.79 Å².